The predicted molar refractivity (Wildman–Crippen MR) is 98.6 cm³/mol. The van der Waals surface area contributed by atoms with Gasteiger partial charge in [-0.25, -0.2) is 0 Å². The van der Waals surface area contributed by atoms with Gasteiger partial charge in [-0.2, -0.15) is 0 Å². The number of nitrogens with zero attached hydrogens (tertiary/aromatic N) is 1. The third kappa shape index (κ3) is 4.01. The lowest BCUT2D eigenvalue weighted by Gasteiger charge is -2.09. The SMILES string of the molecule is CNC(=O)c1cc(NC(=O)c2cc([N+](=O)[O-])ccc2I)ccc1Cl. The molecule has 0 aliphatic heterocycles. The van der Waals surface area contributed by atoms with Gasteiger partial charge in [-0.1, -0.05) is 11.6 Å². The minimum Gasteiger partial charge on any atom is -0.355 e. The topological polar surface area (TPSA) is 101 Å². The van der Waals surface area contributed by atoms with Gasteiger partial charge in [0.05, 0.1) is 21.1 Å². The van der Waals surface area contributed by atoms with E-state index >= 15 is 0 Å². The van der Waals surface area contributed by atoms with E-state index in [4.69, 9.17) is 11.6 Å². The van der Waals surface area contributed by atoms with Crippen LogP contribution in [0.25, 0.3) is 0 Å². The molecule has 0 bridgehead atoms. The van der Waals surface area contributed by atoms with Crippen LogP contribution < -0.4 is 10.6 Å². The molecule has 0 heterocycles. The van der Waals surface area contributed by atoms with Gasteiger partial charge in [-0.15, -0.1) is 0 Å². The Hall–Kier alpha value is -2.20. The maximum absolute atomic E-state index is 12.4. The van der Waals surface area contributed by atoms with Crippen LogP contribution in [0.4, 0.5) is 11.4 Å². The highest BCUT2D eigenvalue weighted by molar-refractivity contribution is 14.1. The van der Waals surface area contributed by atoms with Gasteiger partial charge in [-0.05, 0) is 46.9 Å². The molecule has 0 radical (unpaired) electrons. The molecule has 0 spiro atoms. The van der Waals surface area contributed by atoms with Gasteiger partial charge in [-0.3, -0.25) is 19.7 Å². The largest absolute Gasteiger partial charge is 0.355 e. The first-order valence-corrected chi connectivity index (χ1v) is 8.06. The van der Waals surface area contributed by atoms with Crippen LogP contribution in [0.3, 0.4) is 0 Å². The summed E-state index contributed by atoms with van der Waals surface area (Å²) in [4.78, 5) is 34.4. The zero-order valence-electron chi connectivity index (χ0n) is 12.3. The van der Waals surface area contributed by atoms with Crippen molar-refractivity contribution in [2.45, 2.75) is 0 Å². The minimum atomic E-state index is -0.571. The molecule has 0 atom stereocenters. The van der Waals surface area contributed by atoms with Crippen molar-refractivity contribution in [3.8, 4) is 0 Å². The number of hydrogen-bond acceptors (Lipinski definition) is 4. The summed E-state index contributed by atoms with van der Waals surface area (Å²) in [6.07, 6.45) is 0. The molecule has 7 nitrogen and oxygen atoms in total. The highest BCUT2D eigenvalue weighted by Crippen LogP contribution is 2.23. The van der Waals surface area contributed by atoms with Gasteiger partial charge in [0.2, 0.25) is 0 Å². The van der Waals surface area contributed by atoms with Gasteiger partial charge in [0.1, 0.15) is 0 Å². The monoisotopic (exact) mass is 459 g/mol. The number of carbonyl (C=O) groups excluding carboxylic acids is 2. The van der Waals surface area contributed by atoms with Gasteiger partial charge in [0.25, 0.3) is 17.5 Å². The quantitative estimate of drug-likeness (QED) is 0.415. The Morgan fingerprint density at radius 3 is 2.46 bits per heavy atom. The van der Waals surface area contributed by atoms with E-state index in [0.717, 1.165) is 0 Å². The van der Waals surface area contributed by atoms with E-state index in [0.29, 0.717) is 9.26 Å². The third-order valence-corrected chi connectivity index (χ3v) is 4.37. The number of anilines is 1. The summed E-state index contributed by atoms with van der Waals surface area (Å²) in [5.41, 5.74) is 0.556. The summed E-state index contributed by atoms with van der Waals surface area (Å²) in [7, 11) is 1.47. The normalized spacial score (nSPS) is 10.1. The summed E-state index contributed by atoms with van der Waals surface area (Å²) in [6.45, 7) is 0. The smallest absolute Gasteiger partial charge is 0.270 e. The van der Waals surface area contributed by atoms with Crippen LogP contribution in [0, 0.1) is 13.7 Å². The molecule has 2 rings (SSSR count). The Morgan fingerprint density at radius 1 is 1.12 bits per heavy atom. The van der Waals surface area contributed by atoms with Crippen molar-refractivity contribution < 1.29 is 14.5 Å². The van der Waals surface area contributed by atoms with E-state index in [1.807, 2.05) is 22.6 Å². The van der Waals surface area contributed by atoms with Crippen molar-refractivity contribution in [1.29, 1.82) is 0 Å². The number of amides is 2. The molecule has 2 aromatic rings. The van der Waals surface area contributed by atoms with Crippen molar-refractivity contribution >= 4 is 57.4 Å². The maximum Gasteiger partial charge on any atom is 0.270 e. The van der Waals surface area contributed by atoms with E-state index in [1.54, 1.807) is 0 Å². The second-order valence-corrected chi connectivity index (χ2v) is 6.22. The van der Waals surface area contributed by atoms with E-state index in [9.17, 15) is 19.7 Å². The first-order chi connectivity index (χ1) is 11.3. The van der Waals surface area contributed by atoms with Gasteiger partial charge in [0.15, 0.2) is 0 Å². The lowest BCUT2D eigenvalue weighted by Crippen LogP contribution is -2.19. The number of benzene rings is 2. The zero-order chi connectivity index (χ0) is 17.9. The van der Waals surface area contributed by atoms with Crippen molar-refractivity contribution in [3.63, 3.8) is 0 Å². The Bertz CT molecular complexity index is 841. The number of hydrogen-bond donors (Lipinski definition) is 2. The van der Waals surface area contributed by atoms with E-state index in [2.05, 4.69) is 10.6 Å². The summed E-state index contributed by atoms with van der Waals surface area (Å²) < 4.78 is 0.566. The maximum atomic E-state index is 12.4. The molecular weight excluding hydrogens is 449 g/mol. The molecule has 2 N–H and O–H groups in total. The molecule has 0 saturated heterocycles. The zero-order valence-corrected chi connectivity index (χ0v) is 15.2. The van der Waals surface area contributed by atoms with Crippen molar-refractivity contribution in [2.75, 3.05) is 12.4 Å². The fraction of sp³-hybridized carbons (Fsp3) is 0.0667. The Balaban J connectivity index is 2.32. The van der Waals surface area contributed by atoms with Crippen molar-refractivity contribution in [1.82, 2.24) is 5.32 Å². The number of rotatable bonds is 4. The highest BCUT2D eigenvalue weighted by Gasteiger charge is 2.17. The Kier molecular flexibility index (Phi) is 5.73. The van der Waals surface area contributed by atoms with Crippen LogP contribution in [0.2, 0.25) is 5.02 Å². The molecule has 0 aliphatic rings. The highest BCUT2D eigenvalue weighted by atomic mass is 127. The van der Waals surface area contributed by atoms with Crippen LogP contribution in [0.1, 0.15) is 20.7 Å². The molecule has 2 aromatic carbocycles. The molecule has 124 valence electrons. The average molecular weight is 460 g/mol. The number of nitro groups is 1. The second-order valence-electron chi connectivity index (χ2n) is 4.65. The Morgan fingerprint density at radius 2 is 1.83 bits per heavy atom. The molecule has 2 amide bonds. The number of nitrogens with one attached hydrogen (secondary N) is 2. The number of non-ortho nitro benzene ring substituents is 1. The Labute approximate surface area is 155 Å². The summed E-state index contributed by atoms with van der Waals surface area (Å²) in [5, 5.41) is 16.2. The first kappa shape index (κ1) is 18.1. The lowest BCUT2D eigenvalue weighted by atomic mass is 10.1. The molecule has 0 fully saturated rings. The molecular formula is C15H11ClIN3O4. The van der Waals surface area contributed by atoms with E-state index in [1.165, 1.54) is 43.4 Å². The van der Waals surface area contributed by atoms with Crippen LogP contribution in [-0.4, -0.2) is 23.8 Å². The fourth-order valence-corrected chi connectivity index (χ4v) is 2.69. The van der Waals surface area contributed by atoms with Gasteiger partial charge < -0.3 is 10.6 Å². The lowest BCUT2D eigenvalue weighted by molar-refractivity contribution is -0.384. The summed E-state index contributed by atoms with van der Waals surface area (Å²) in [5.74, 6) is -0.908. The predicted octanol–water partition coefficient (Wildman–Crippen LogP) is 3.46. The van der Waals surface area contributed by atoms with Crippen molar-refractivity contribution in [2.24, 2.45) is 0 Å². The number of halogens is 2. The second kappa shape index (κ2) is 7.58. The van der Waals surface area contributed by atoms with E-state index in [-0.39, 0.29) is 27.7 Å². The van der Waals surface area contributed by atoms with Crippen molar-refractivity contribution in [3.05, 3.63) is 66.2 Å². The number of carbonyl (C=O) groups is 2. The van der Waals surface area contributed by atoms with Crippen LogP contribution in [0.5, 0.6) is 0 Å². The molecule has 0 aliphatic carbocycles. The van der Waals surface area contributed by atoms with Crippen LogP contribution >= 0.6 is 34.2 Å². The van der Waals surface area contributed by atoms with Gasteiger partial charge >= 0.3 is 0 Å². The standard InChI is InChI=1S/C15H11ClIN3O4/c1-18-14(21)10-6-8(2-4-12(10)16)19-15(22)11-7-9(20(23)24)3-5-13(11)17/h2-7H,1H3,(H,18,21)(H,19,22). The molecule has 24 heavy (non-hydrogen) atoms. The summed E-state index contributed by atoms with van der Waals surface area (Å²) in [6, 6.07) is 8.48. The minimum absolute atomic E-state index is 0.168. The molecule has 0 saturated carbocycles. The first-order valence-electron chi connectivity index (χ1n) is 6.60. The average Bonchev–Trinajstić information content (AvgIpc) is 2.55. The molecule has 9 heteroatoms. The van der Waals surface area contributed by atoms with E-state index < -0.39 is 10.8 Å². The fourth-order valence-electron chi connectivity index (χ4n) is 1.91. The summed E-state index contributed by atoms with van der Waals surface area (Å²) >= 11 is 7.87. The van der Waals surface area contributed by atoms with Gasteiger partial charge in [0, 0.05) is 28.4 Å². The molecule has 0 unspecified atom stereocenters. The van der Waals surface area contributed by atoms with Crippen LogP contribution in [-0.2, 0) is 0 Å². The molecule has 0 aromatic heterocycles. The van der Waals surface area contributed by atoms with Crippen LogP contribution in [0.15, 0.2) is 36.4 Å². The third-order valence-electron chi connectivity index (χ3n) is 3.10. The number of nitro benzene ring substituents is 1.